The Morgan fingerprint density at radius 1 is 1.26 bits per heavy atom. The number of hydrogen-bond donors (Lipinski definition) is 2. The predicted octanol–water partition coefficient (Wildman–Crippen LogP) is 2.60. The van der Waals surface area contributed by atoms with E-state index >= 15 is 0 Å². The molecule has 1 aromatic rings. The lowest BCUT2D eigenvalue weighted by molar-refractivity contribution is 0.144. The molecule has 2 rings (SSSR count). The largest absolute Gasteiger partial charge is 0.388 e. The number of nitrogens with one attached hydrogen (secondary N) is 1. The summed E-state index contributed by atoms with van der Waals surface area (Å²) >= 11 is 0. The van der Waals surface area contributed by atoms with Crippen LogP contribution in [0.5, 0.6) is 0 Å². The highest BCUT2D eigenvalue weighted by molar-refractivity contribution is 7.92. The number of piperidine rings is 1. The molecule has 130 valence electrons. The van der Waals surface area contributed by atoms with Gasteiger partial charge < -0.3 is 10.0 Å². The maximum absolute atomic E-state index is 11.2. The van der Waals surface area contributed by atoms with Crippen molar-refractivity contribution in [2.75, 3.05) is 30.6 Å². The van der Waals surface area contributed by atoms with Crippen molar-refractivity contribution < 1.29 is 13.5 Å². The minimum Gasteiger partial charge on any atom is -0.388 e. The zero-order valence-electron chi connectivity index (χ0n) is 14.0. The first kappa shape index (κ1) is 18.2. The van der Waals surface area contributed by atoms with Gasteiger partial charge in [-0.25, -0.2) is 8.42 Å². The van der Waals surface area contributed by atoms with Crippen molar-refractivity contribution in [1.82, 2.24) is 4.90 Å². The third-order valence-electron chi connectivity index (χ3n) is 4.43. The van der Waals surface area contributed by atoms with E-state index in [1.807, 2.05) is 0 Å². The number of likely N-dealkylation sites (tertiary alicyclic amines) is 1. The first-order chi connectivity index (χ1) is 10.8. The van der Waals surface area contributed by atoms with Crippen LogP contribution in [0.15, 0.2) is 24.3 Å². The number of hydrogen-bond acceptors (Lipinski definition) is 4. The van der Waals surface area contributed by atoms with Crippen molar-refractivity contribution >= 4 is 15.7 Å². The van der Waals surface area contributed by atoms with Gasteiger partial charge in [0.25, 0.3) is 0 Å². The molecule has 0 bridgehead atoms. The molecule has 1 aliphatic rings. The van der Waals surface area contributed by atoms with E-state index in [4.69, 9.17) is 0 Å². The van der Waals surface area contributed by atoms with Crippen molar-refractivity contribution in [3.05, 3.63) is 29.8 Å². The van der Waals surface area contributed by atoms with Gasteiger partial charge in [-0.3, -0.25) is 4.72 Å². The Morgan fingerprint density at radius 2 is 1.87 bits per heavy atom. The highest BCUT2D eigenvalue weighted by Crippen LogP contribution is 2.22. The molecule has 1 aromatic carbocycles. The molecule has 1 heterocycles. The zero-order chi connectivity index (χ0) is 16.9. The Balaban J connectivity index is 1.76. The number of rotatable bonds is 7. The number of aliphatic hydroxyl groups is 1. The average Bonchev–Trinajstić information content (AvgIpc) is 2.48. The normalized spacial score (nSPS) is 18.7. The third-order valence-corrected chi connectivity index (χ3v) is 5.03. The number of benzene rings is 1. The number of nitrogens with zero attached hydrogens (tertiary/aromatic N) is 1. The number of aliphatic hydroxyl groups excluding tert-OH is 1. The molecule has 0 aliphatic carbocycles. The van der Waals surface area contributed by atoms with E-state index in [2.05, 4.69) is 16.5 Å². The lowest BCUT2D eigenvalue weighted by Crippen LogP contribution is -2.33. The highest BCUT2D eigenvalue weighted by Gasteiger charge is 2.16. The van der Waals surface area contributed by atoms with E-state index in [9.17, 15) is 13.5 Å². The molecule has 6 heteroatoms. The van der Waals surface area contributed by atoms with Gasteiger partial charge in [0.1, 0.15) is 0 Å². The van der Waals surface area contributed by atoms with Crippen LogP contribution in [-0.4, -0.2) is 44.3 Å². The molecule has 0 saturated carbocycles. The van der Waals surface area contributed by atoms with Crippen molar-refractivity contribution in [2.45, 2.75) is 38.7 Å². The van der Waals surface area contributed by atoms with E-state index in [0.29, 0.717) is 5.69 Å². The van der Waals surface area contributed by atoms with Crippen molar-refractivity contribution in [3.8, 4) is 0 Å². The summed E-state index contributed by atoms with van der Waals surface area (Å²) < 4.78 is 24.8. The Morgan fingerprint density at radius 3 is 2.43 bits per heavy atom. The zero-order valence-corrected chi connectivity index (χ0v) is 14.8. The van der Waals surface area contributed by atoms with Crippen molar-refractivity contribution in [2.24, 2.45) is 5.92 Å². The molecule has 0 spiro atoms. The molecule has 0 amide bonds. The molecule has 23 heavy (non-hydrogen) atoms. The topological polar surface area (TPSA) is 69.6 Å². The summed E-state index contributed by atoms with van der Waals surface area (Å²) in [6.07, 6.45) is 4.88. The standard InChI is InChI=1S/C17H28N2O3S/c1-14-9-12-19(13-10-14)11-3-4-17(20)15-5-7-16(8-6-15)18-23(2,21)22/h5-8,14,17-18,20H,3-4,9-13H2,1-2H3. The maximum atomic E-state index is 11.2. The lowest BCUT2D eigenvalue weighted by atomic mass is 9.98. The lowest BCUT2D eigenvalue weighted by Gasteiger charge is -2.30. The fraction of sp³-hybridized carbons (Fsp3) is 0.647. The molecular weight excluding hydrogens is 312 g/mol. The molecule has 1 atom stereocenters. The molecular formula is C17H28N2O3S. The van der Waals surface area contributed by atoms with Crippen LogP contribution in [0.2, 0.25) is 0 Å². The fourth-order valence-electron chi connectivity index (χ4n) is 2.95. The van der Waals surface area contributed by atoms with Crippen LogP contribution in [0.3, 0.4) is 0 Å². The third kappa shape index (κ3) is 6.49. The monoisotopic (exact) mass is 340 g/mol. The number of sulfonamides is 1. The molecule has 1 aliphatic heterocycles. The molecule has 1 unspecified atom stereocenters. The van der Waals surface area contributed by atoms with Gasteiger partial charge in [0.2, 0.25) is 10.0 Å². The smallest absolute Gasteiger partial charge is 0.229 e. The van der Waals surface area contributed by atoms with Crippen molar-refractivity contribution in [3.63, 3.8) is 0 Å². The predicted molar refractivity (Wildman–Crippen MR) is 93.9 cm³/mol. The van der Waals surface area contributed by atoms with Crippen LogP contribution in [0.1, 0.15) is 44.3 Å². The Bertz CT molecular complexity index is 578. The second-order valence-corrected chi connectivity index (χ2v) is 8.43. The van der Waals surface area contributed by atoms with Gasteiger partial charge in [-0.1, -0.05) is 19.1 Å². The molecule has 5 nitrogen and oxygen atoms in total. The van der Waals surface area contributed by atoms with Gasteiger partial charge >= 0.3 is 0 Å². The fourth-order valence-corrected chi connectivity index (χ4v) is 3.51. The van der Waals surface area contributed by atoms with E-state index in [1.165, 1.54) is 25.9 Å². The second kappa shape index (κ2) is 8.13. The van der Waals surface area contributed by atoms with Gasteiger partial charge in [-0.05, 0) is 68.9 Å². The van der Waals surface area contributed by atoms with Crippen LogP contribution in [0.4, 0.5) is 5.69 Å². The Hall–Kier alpha value is -1.11. The summed E-state index contributed by atoms with van der Waals surface area (Å²) in [5, 5.41) is 10.3. The van der Waals surface area contributed by atoms with Gasteiger partial charge in [0.15, 0.2) is 0 Å². The first-order valence-electron chi connectivity index (χ1n) is 8.31. The summed E-state index contributed by atoms with van der Waals surface area (Å²) in [4.78, 5) is 2.48. The molecule has 0 aromatic heterocycles. The summed E-state index contributed by atoms with van der Waals surface area (Å²) in [6, 6.07) is 6.93. The summed E-state index contributed by atoms with van der Waals surface area (Å²) in [5.74, 6) is 0.843. The van der Waals surface area contributed by atoms with Crippen molar-refractivity contribution in [1.29, 1.82) is 0 Å². The van der Waals surface area contributed by atoms with E-state index in [1.54, 1.807) is 24.3 Å². The summed E-state index contributed by atoms with van der Waals surface area (Å²) in [6.45, 7) is 5.69. The second-order valence-electron chi connectivity index (χ2n) is 6.68. The molecule has 1 fully saturated rings. The van der Waals surface area contributed by atoms with Gasteiger partial charge in [-0.15, -0.1) is 0 Å². The van der Waals surface area contributed by atoms with E-state index < -0.39 is 16.1 Å². The van der Waals surface area contributed by atoms with Gasteiger partial charge in [-0.2, -0.15) is 0 Å². The SMILES string of the molecule is CC1CCN(CCCC(O)c2ccc(NS(C)(=O)=O)cc2)CC1. The number of anilines is 1. The quantitative estimate of drug-likeness (QED) is 0.800. The van der Waals surface area contributed by atoms with Crippen LogP contribution in [0, 0.1) is 5.92 Å². The van der Waals surface area contributed by atoms with E-state index in [-0.39, 0.29) is 0 Å². The minimum absolute atomic E-state index is 0.494. The van der Waals surface area contributed by atoms with E-state index in [0.717, 1.165) is 37.1 Å². The Labute approximate surface area is 139 Å². The van der Waals surface area contributed by atoms with Gasteiger partial charge in [0.05, 0.1) is 12.4 Å². The maximum Gasteiger partial charge on any atom is 0.229 e. The highest BCUT2D eigenvalue weighted by atomic mass is 32.2. The Kier molecular flexibility index (Phi) is 6.44. The summed E-state index contributed by atoms with van der Waals surface area (Å²) in [5.41, 5.74) is 1.35. The molecule has 0 radical (unpaired) electrons. The van der Waals surface area contributed by atoms with Crippen LogP contribution < -0.4 is 4.72 Å². The van der Waals surface area contributed by atoms with Crippen LogP contribution >= 0.6 is 0 Å². The average molecular weight is 340 g/mol. The minimum atomic E-state index is -3.26. The summed E-state index contributed by atoms with van der Waals surface area (Å²) in [7, 11) is -3.26. The first-order valence-corrected chi connectivity index (χ1v) is 10.2. The van der Waals surface area contributed by atoms with Crippen LogP contribution in [-0.2, 0) is 10.0 Å². The van der Waals surface area contributed by atoms with Crippen LogP contribution in [0.25, 0.3) is 0 Å². The molecule has 2 N–H and O–H groups in total. The van der Waals surface area contributed by atoms with Gasteiger partial charge in [0, 0.05) is 5.69 Å². The molecule has 1 saturated heterocycles.